The molecule has 0 fully saturated rings. The molecule has 1 atom stereocenters. The van der Waals surface area contributed by atoms with Gasteiger partial charge in [-0.15, -0.1) is 0 Å². The normalized spacial score (nSPS) is 12.5. The van der Waals surface area contributed by atoms with Gasteiger partial charge >= 0.3 is 0 Å². The Hall–Kier alpha value is -1.97. The number of aromatic nitrogens is 1. The predicted octanol–water partition coefficient (Wildman–Crippen LogP) is 4.34. The van der Waals surface area contributed by atoms with Crippen molar-refractivity contribution in [1.29, 1.82) is 0 Å². The summed E-state index contributed by atoms with van der Waals surface area (Å²) in [5, 5.41) is 5.64. The van der Waals surface area contributed by atoms with Gasteiger partial charge in [0.15, 0.2) is 0 Å². The molecule has 1 aromatic heterocycles. The largest absolute Gasteiger partial charge is 0.309 e. The zero-order valence-corrected chi connectivity index (χ0v) is 12.2. The first-order valence-corrected chi connectivity index (χ1v) is 7.03. The van der Waals surface area contributed by atoms with Gasteiger partial charge in [0.2, 0.25) is 0 Å². The van der Waals surface area contributed by atoms with Gasteiger partial charge in [0, 0.05) is 28.4 Å². The zero-order valence-electron chi connectivity index (χ0n) is 11.5. The number of fused-ring (bicyclic) bond motifs is 1. The average molecular weight is 301 g/mol. The van der Waals surface area contributed by atoms with Gasteiger partial charge in [-0.1, -0.05) is 41.9 Å². The maximum Gasteiger partial charge on any atom is 0.129 e. The number of nitrogens with zero attached hydrogens (tertiary/aromatic N) is 1. The molecule has 2 aromatic carbocycles. The number of hydrogen-bond donors (Lipinski definition) is 1. The van der Waals surface area contributed by atoms with Crippen molar-refractivity contribution in [2.75, 3.05) is 7.05 Å². The van der Waals surface area contributed by atoms with Crippen molar-refractivity contribution in [1.82, 2.24) is 10.3 Å². The second kappa shape index (κ2) is 5.80. The summed E-state index contributed by atoms with van der Waals surface area (Å²) in [5.74, 6) is -0.324. The van der Waals surface area contributed by atoms with Crippen LogP contribution in [0.1, 0.15) is 17.2 Å². The maximum absolute atomic E-state index is 14.2. The van der Waals surface area contributed by atoms with E-state index >= 15 is 0 Å². The molecule has 0 spiro atoms. The van der Waals surface area contributed by atoms with Crippen molar-refractivity contribution in [2.45, 2.75) is 6.04 Å². The first-order valence-electron chi connectivity index (χ1n) is 6.65. The van der Waals surface area contributed by atoms with Gasteiger partial charge in [-0.3, -0.25) is 4.98 Å². The molecule has 1 N–H and O–H groups in total. The van der Waals surface area contributed by atoms with Crippen LogP contribution in [0.25, 0.3) is 10.8 Å². The first kappa shape index (κ1) is 14.0. The molecular formula is C17H14ClFN2. The van der Waals surface area contributed by atoms with E-state index in [0.29, 0.717) is 10.6 Å². The zero-order chi connectivity index (χ0) is 14.8. The lowest BCUT2D eigenvalue weighted by atomic mass is 9.95. The maximum atomic E-state index is 14.2. The molecule has 106 valence electrons. The molecule has 2 nitrogen and oxygen atoms in total. The van der Waals surface area contributed by atoms with Gasteiger partial charge in [-0.05, 0) is 30.1 Å². The molecule has 1 heterocycles. The number of rotatable bonds is 3. The lowest BCUT2D eigenvalue weighted by Crippen LogP contribution is -2.19. The summed E-state index contributed by atoms with van der Waals surface area (Å²) >= 11 is 5.83. The predicted molar refractivity (Wildman–Crippen MR) is 84.1 cm³/mol. The average Bonchev–Trinajstić information content (AvgIpc) is 2.50. The van der Waals surface area contributed by atoms with Crippen LogP contribution >= 0.6 is 11.6 Å². The summed E-state index contributed by atoms with van der Waals surface area (Å²) in [5.41, 5.74) is 1.50. The van der Waals surface area contributed by atoms with Crippen molar-refractivity contribution in [2.24, 2.45) is 0 Å². The van der Waals surface area contributed by atoms with Crippen LogP contribution in [-0.2, 0) is 0 Å². The Kier molecular flexibility index (Phi) is 3.86. The molecule has 0 saturated carbocycles. The van der Waals surface area contributed by atoms with E-state index in [9.17, 15) is 4.39 Å². The third-order valence-electron chi connectivity index (χ3n) is 3.57. The Morgan fingerprint density at radius 1 is 1.10 bits per heavy atom. The smallest absolute Gasteiger partial charge is 0.129 e. The van der Waals surface area contributed by atoms with Crippen LogP contribution in [0, 0.1) is 5.82 Å². The third-order valence-corrected chi connectivity index (χ3v) is 3.81. The van der Waals surface area contributed by atoms with E-state index in [2.05, 4.69) is 10.3 Å². The molecule has 0 saturated heterocycles. The van der Waals surface area contributed by atoms with E-state index < -0.39 is 0 Å². The minimum absolute atomic E-state index is 0.277. The van der Waals surface area contributed by atoms with Gasteiger partial charge in [0.25, 0.3) is 0 Å². The van der Waals surface area contributed by atoms with E-state index in [4.69, 9.17) is 11.6 Å². The lowest BCUT2D eigenvalue weighted by molar-refractivity contribution is 0.577. The van der Waals surface area contributed by atoms with Crippen molar-refractivity contribution >= 4 is 22.4 Å². The minimum atomic E-state index is -0.324. The standard InChI is InChI=1S/C17H14ClFN2/c1-20-17(14-7-6-12(18)8-16(14)19)15-10-21-9-11-4-2-3-5-13(11)15/h2-10,17,20H,1H3. The topological polar surface area (TPSA) is 24.9 Å². The fourth-order valence-corrected chi connectivity index (χ4v) is 2.74. The highest BCUT2D eigenvalue weighted by Gasteiger charge is 2.18. The van der Waals surface area contributed by atoms with Crippen LogP contribution in [-0.4, -0.2) is 12.0 Å². The second-order valence-corrected chi connectivity index (χ2v) is 5.27. The monoisotopic (exact) mass is 300 g/mol. The molecule has 3 aromatic rings. The van der Waals surface area contributed by atoms with Crippen molar-refractivity contribution in [3.63, 3.8) is 0 Å². The van der Waals surface area contributed by atoms with Crippen molar-refractivity contribution < 1.29 is 4.39 Å². The second-order valence-electron chi connectivity index (χ2n) is 4.84. The van der Waals surface area contributed by atoms with Crippen LogP contribution in [0.3, 0.4) is 0 Å². The Morgan fingerprint density at radius 2 is 1.90 bits per heavy atom. The summed E-state index contributed by atoms with van der Waals surface area (Å²) < 4.78 is 14.2. The van der Waals surface area contributed by atoms with Crippen LogP contribution in [0.2, 0.25) is 5.02 Å². The van der Waals surface area contributed by atoms with Crippen LogP contribution < -0.4 is 5.32 Å². The highest BCUT2D eigenvalue weighted by atomic mass is 35.5. The van der Waals surface area contributed by atoms with Gasteiger partial charge in [-0.25, -0.2) is 4.39 Å². The Bertz CT molecular complexity index is 783. The number of pyridine rings is 1. The van der Waals surface area contributed by atoms with E-state index in [1.54, 1.807) is 25.4 Å². The van der Waals surface area contributed by atoms with E-state index in [1.807, 2.05) is 30.5 Å². The van der Waals surface area contributed by atoms with Gasteiger partial charge in [0.05, 0.1) is 6.04 Å². The van der Waals surface area contributed by atoms with Gasteiger partial charge < -0.3 is 5.32 Å². The summed E-state index contributed by atoms with van der Waals surface area (Å²) in [6.45, 7) is 0. The fourth-order valence-electron chi connectivity index (χ4n) is 2.58. The molecule has 4 heteroatoms. The Balaban J connectivity index is 2.18. The molecule has 21 heavy (non-hydrogen) atoms. The number of hydrogen-bond acceptors (Lipinski definition) is 2. The molecule has 0 amide bonds. The van der Waals surface area contributed by atoms with Crippen LogP contribution in [0.15, 0.2) is 54.9 Å². The molecule has 1 unspecified atom stereocenters. The first-order chi connectivity index (χ1) is 10.2. The van der Waals surface area contributed by atoms with Crippen molar-refractivity contribution in [3.8, 4) is 0 Å². The third kappa shape index (κ3) is 2.62. The number of halogens is 2. The molecule has 0 radical (unpaired) electrons. The molecule has 0 aliphatic rings. The summed E-state index contributed by atoms with van der Waals surface area (Å²) in [4.78, 5) is 4.27. The highest BCUT2D eigenvalue weighted by molar-refractivity contribution is 6.30. The quantitative estimate of drug-likeness (QED) is 0.778. The molecule has 0 aliphatic carbocycles. The van der Waals surface area contributed by atoms with E-state index in [1.165, 1.54) is 6.07 Å². The Labute approximate surface area is 127 Å². The SMILES string of the molecule is CNC(c1ccc(Cl)cc1F)c1cncc2ccccc12. The molecule has 3 rings (SSSR count). The number of benzene rings is 2. The van der Waals surface area contributed by atoms with Gasteiger partial charge in [-0.2, -0.15) is 0 Å². The molecule has 0 aliphatic heterocycles. The number of nitrogens with one attached hydrogen (secondary N) is 1. The summed E-state index contributed by atoms with van der Waals surface area (Å²) in [6.07, 6.45) is 3.58. The van der Waals surface area contributed by atoms with Crippen LogP contribution in [0.5, 0.6) is 0 Å². The van der Waals surface area contributed by atoms with Crippen LogP contribution in [0.4, 0.5) is 4.39 Å². The highest BCUT2D eigenvalue weighted by Crippen LogP contribution is 2.30. The summed E-state index contributed by atoms with van der Waals surface area (Å²) in [6, 6.07) is 12.4. The van der Waals surface area contributed by atoms with E-state index in [-0.39, 0.29) is 11.9 Å². The van der Waals surface area contributed by atoms with E-state index in [0.717, 1.165) is 16.3 Å². The lowest BCUT2D eigenvalue weighted by Gasteiger charge is -2.19. The fraction of sp³-hybridized carbons (Fsp3) is 0.118. The minimum Gasteiger partial charge on any atom is -0.309 e. The van der Waals surface area contributed by atoms with Crippen molar-refractivity contribution in [3.05, 3.63) is 76.8 Å². The molecular weight excluding hydrogens is 287 g/mol. The summed E-state index contributed by atoms with van der Waals surface area (Å²) in [7, 11) is 1.81. The molecule has 0 bridgehead atoms. The van der Waals surface area contributed by atoms with Gasteiger partial charge in [0.1, 0.15) is 5.82 Å². The Morgan fingerprint density at radius 3 is 2.67 bits per heavy atom.